The number of nitrogens with zero attached hydrogens (tertiary/aromatic N) is 1. The molecule has 1 aliphatic carbocycles. The van der Waals surface area contributed by atoms with E-state index in [0.717, 1.165) is 12.8 Å². The Morgan fingerprint density at radius 1 is 1.24 bits per heavy atom. The van der Waals surface area contributed by atoms with Crippen LogP contribution in [0.5, 0.6) is 11.5 Å². The van der Waals surface area contributed by atoms with E-state index < -0.39 is 5.60 Å². The summed E-state index contributed by atoms with van der Waals surface area (Å²) in [6.07, 6.45) is 1.88. The van der Waals surface area contributed by atoms with Gasteiger partial charge in [-0.05, 0) is 49.9 Å². The molecule has 1 atom stereocenters. The van der Waals surface area contributed by atoms with E-state index in [1.54, 1.807) is 13.2 Å². The lowest BCUT2D eigenvalue weighted by molar-refractivity contribution is -0.100. The summed E-state index contributed by atoms with van der Waals surface area (Å²) in [6.45, 7) is 5.54. The van der Waals surface area contributed by atoms with E-state index >= 15 is 0 Å². The average Bonchev–Trinajstić information content (AvgIpc) is 3.07. The highest BCUT2D eigenvalue weighted by Gasteiger charge is 2.44. The highest BCUT2D eigenvalue weighted by molar-refractivity contribution is 5.91. The van der Waals surface area contributed by atoms with Gasteiger partial charge in [0, 0.05) is 12.6 Å². The van der Waals surface area contributed by atoms with E-state index in [2.05, 4.69) is 23.5 Å². The molecule has 0 radical (unpaired) electrons. The summed E-state index contributed by atoms with van der Waals surface area (Å²) in [5.74, 6) is 1.29. The van der Waals surface area contributed by atoms with Crippen molar-refractivity contribution in [3.63, 3.8) is 0 Å². The normalized spacial score (nSPS) is 20.6. The number of morpholine rings is 1. The van der Waals surface area contributed by atoms with Crippen LogP contribution in [0.2, 0.25) is 0 Å². The fourth-order valence-corrected chi connectivity index (χ4v) is 4.21. The summed E-state index contributed by atoms with van der Waals surface area (Å²) >= 11 is 0. The molecule has 0 unspecified atom stereocenters. The van der Waals surface area contributed by atoms with Gasteiger partial charge in [0.25, 0.3) is 0 Å². The number of nitrogens with one attached hydrogen (secondary N) is 1. The molecule has 1 saturated heterocycles. The number of urea groups is 1. The van der Waals surface area contributed by atoms with E-state index in [-0.39, 0.29) is 12.1 Å². The molecule has 1 aliphatic heterocycles. The predicted octanol–water partition coefficient (Wildman–Crippen LogP) is 4.19. The van der Waals surface area contributed by atoms with Gasteiger partial charge in [-0.2, -0.15) is 0 Å². The van der Waals surface area contributed by atoms with Crippen molar-refractivity contribution in [1.82, 2.24) is 4.90 Å². The third kappa shape index (κ3) is 3.90. The van der Waals surface area contributed by atoms with Crippen LogP contribution in [-0.4, -0.2) is 43.8 Å². The summed E-state index contributed by atoms with van der Waals surface area (Å²) in [5, 5.41) is 3.02. The summed E-state index contributed by atoms with van der Waals surface area (Å²) < 4.78 is 17.4. The lowest BCUT2D eigenvalue weighted by atomic mass is 9.94. The Morgan fingerprint density at radius 2 is 2.07 bits per heavy atom. The lowest BCUT2D eigenvalue weighted by Gasteiger charge is -2.41. The third-order valence-electron chi connectivity index (χ3n) is 5.57. The van der Waals surface area contributed by atoms with Gasteiger partial charge in [0.05, 0.1) is 32.1 Å². The molecule has 29 heavy (non-hydrogen) atoms. The number of aryl methyl sites for hydroxylation is 1. The Morgan fingerprint density at radius 3 is 2.86 bits per heavy atom. The van der Waals surface area contributed by atoms with Gasteiger partial charge in [-0.1, -0.05) is 24.3 Å². The number of hydrogen-bond acceptors (Lipinski definition) is 4. The SMILES string of the molecule is COc1ccc(OC(C)C)c(NC(=O)N2CCO[C@@]3(CCc4ccccc43)C2)c1. The quantitative estimate of drug-likeness (QED) is 0.842. The van der Waals surface area contributed by atoms with Crippen LogP contribution in [0.15, 0.2) is 42.5 Å². The van der Waals surface area contributed by atoms with Crippen molar-refractivity contribution in [2.75, 3.05) is 32.1 Å². The molecule has 1 N–H and O–H groups in total. The van der Waals surface area contributed by atoms with Crippen molar-refractivity contribution in [3.8, 4) is 11.5 Å². The van der Waals surface area contributed by atoms with E-state index in [1.807, 2.05) is 36.9 Å². The highest BCUT2D eigenvalue weighted by atomic mass is 16.5. The first-order chi connectivity index (χ1) is 14.0. The largest absolute Gasteiger partial charge is 0.497 e. The van der Waals surface area contributed by atoms with E-state index in [4.69, 9.17) is 14.2 Å². The maximum atomic E-state index is 13.1. The standard InChI is InChI=1S/C23H28N2O4/c1-16(2)29-21-9-8-18(27-3)14-20(21)24-22(26)25-12-13-28-23(15-25)11-10-17-6-4-5-7-19(17)23/h4-9,14,16H,10-13,15H2,1-3H3,(H,24,26)/t23-/m0/s1. The number of fused-ring (bicyclic) bond motifs is 2. The second-order valence-electron chi connectivity index (χ2n) is 7.88. The summed E-state index contributed by atoms with van der Waals surface area (Å²) in [4.78, 5) is 15.0. The zero-order valence-corrected chi connectivity index (χ0v) is 17.2. The number of hydrogen-bond donors (Lipinski definition) is 1. The topological polar surface area (TPSA) is 60.0 Å². The molecule has 6 nitrogen and oxygen atoms in total. The molecule has 2 aromatic carbocycles. The van der Waals surface area contributed by atoms with E-state index in [9.17, 15) is 4.79 Å². The Kier molecular flexibility index (Phi) is 5.37. The zero-order valence-electron chi connectivity index (χ0n) is 17.2. The molecule has 1 spiro atoms. The molecule has 2 aliphatic rings. The van der Waals surface area contributed by atoms with Crippen molar-refractivity contribution < 1.29 is 19.0 Å². The maximum absolute atomic E-state index is 13.1. The van der Waals surface area contributed by atoms with Crippen molar-refractivity contribution >= 4 is 11.7 Å². The number of methoxy groups -OCH3 is 1. The van der Waals surface area contributed by atoms with Crippen LogP contribution in [0.1, 0.15) is 31.4 Å². The van der Waals surface area contributed by atoms with Gasteiger partial charge >= 0.3 is 6.03 Å². The Hall–Kier alpha value is -2.73. The zero-order chi connectivity index (χ0) is 20.4. The number of anilines is 1. The van der Waals surface area contributed by atoms with Gasteiger partial charge < -0.3 is 24.4 Å². The molecule has 0 saturated carbocycles. The van der Waals surface area contributed by atoms with Crippen LogP contribution in [-0.2, 0) is 16.8 Å². The van der Waals surface area contributed by atoms with E-state index in [1.165, 1.54) is 11.1 Å². The molecule has 1 fully saturated rings. The smallest absolute Gasteiger partial charge is 0.322 e. The van der Waals surface area contributed by atoms with Gasteiger partial charge in [-0.15, -0.1) is 0 Å². The van der Waals surface area contributed by atoms with Gasteiger partial charge in [0.15, 0.2) is 0 Å². The number of benzene rings is 2. The number of amides is 2. The molecular formula is C23H28N2O4. The molecule has 6 heteroatoms. The van der Waals surface area contributed by atoms with Crippen LogP contribution in [0.3, 0.4) is 0 Å². The van der Waals surface area contributed by atoms with Crippen molar-refractivity contribution in [1.29, 1.82) is 0 Å². The Labute approximate surface area is 171 Å². The van der Waals surface area contributed by atoms with Gasteiger partial charge in [-0.3, -0.25) is 0 Å². The summed E-state index contributed by atoms with van der Waals surface area (Å²) in [7, 11) is 1.60. The summed E-state index contributed by atoms with van der Waals surface area (Å²) in [6, 6.07) is 13.7. The van der Waals surface area contributed by atoms with E-state index in [0.29, 0.717) is 36.9 Å². The third-order valence-corrected chi connectivity index (χ3v) is 5.57. The first-order valence-electron chi connectivity index (χ1n) is 10.1. The minimum atomic E-state index is -0.405. The number of rotatable bonds is 4. The maximum Gasteiger partial charge on any atom is 0.322 e. The minimum absolute atomic E-state index is 0.000642. The molecule has 154 valence electrons. The Bertz CT molecular complexity index is 894. The van der Waals surface area contributed by atoms with Crippen LogP contribution in [0, 0.1) is 0 Å². The molecule has 1 heterocycles. The second kappa shape index (κ2) is 7.95. The molecule has 4 rings (SSSR count). The highest BCUT2D eigenvalue weighted by Crippen LogP contribution is 2.42. The molecule has 0 bridgehead atoms. The van der Waals surface area contributed by atoms with Crippen LogP contribution >= 0.6 is 0 Å². The van der Waals surface area contributed by atoms with Crippen molar-refractivity contribution in [3.05, 3.63) is 53.6 Å². The predicted molar refractivity (Wildman–Crippen MR) is 112 cm³/mol. The van der Waals surface area contributed by atoms with Crippen LogP contribution in [0.25, 0.3) is 0 Å². The summed E-state index contributed by atoms with van der Waals surface area (Å²) in [5.41, 5.74) is 2.73. The number of ether oxygens (including phenoxy) is 3. The van der Waals surface area contributed by atoms with Gasteiger partial charge in [0.1, 0.15) is 17.1 Å². The average molecular weight is 396 g/mol. The molecular weight excluding hydrogens is 368 g/mol. The fourth-order valence-electron chi connectivity index (χ4n) is 4.21. The number of carbonyl (C=O) groups excluding carboxylic acids is 1. The Balaban J connectivity index is 1.54. The first kappa shape index (κ1) is 19.6. The monoisotopic (exact) mass is 396 g/mol. The van der Waals surface area contributed by atoms with Crippen LogP contribution in [0.4, 0.5) is 10.5 Å². The lowest BCUT2D eigenvalue weighted by Crippen LogP contribution is -2.52. The van der Waals surface area contributed by atoms with Crippen molar-refractivity contribution in [2.45, 2.75) is 38.4 Å². The molecule has 2 aromatic rings. The van der Waals surface area contributed by atoms with Crippen LogP contribution < -0.4 is 14.8 Å². The number of carbonyl (C=O) groups is 1. The second-order valence-corrected chi connectivity index (χ2v) is 7.88. The fraction of sp³-hybridized carbons (Fsp3) is 0.435. The van der Waals surface area contributed by atoms with Gasteiger partial charge in [0.2, 0.25) is 0 Å². The first-order valence-corrected chi connectivity index (χ1v) is 10.1. The molecule has 0 aromatic heterocycles. The van der Waals surface area contributed by atoms with Crippen molar-refractivity contribution in [2.24, 2.45) is 0 Å². The molecule has 2 amide bonds. The minimum Gasteiger partial charge on any atom is -0.497 e. The van der Waals surface area contributed by atoms with Gasteiger partial charge in [-0.25, -0.2) is 4.79 Å².